The molecule has 3 heterocycles. The van der Waals surface area contributed by atoms with Gasteiger partial charge in [0.25, 0.3) is 11.5 Å². The van der Waals surface area contributed by atoms with E-state index in [-0.39, 0.29) is 23.3 Å². The van der Waals surface area contributed by atoms with Crippen molar-refractivity contribution in [1.82, 2.24) is 19.4 Å². The zero-order valence-electron chi connectivity index (χ0n) is 13.7. The van der Waals surface area contributed by atoms with E-state index in [0.29, 0.717) is 29.0 Å². The molecule has 25 heavy (non-hydrogen) atoms. The van der Waals surface area contributed by atoms with Crippen LogP contribution in [0.3, 0.4) is 0 Å². The van der Waals surface area contributed by atoms with Gasteiger partial charge in [-0.05, 0) is 37.1 Å². The number of likely N-dealkylation sites (tertiary alicyclic amines) is 1. The lowest BCUT2D eigenvalue weighted by Crippen LogP contribution is -2.32. The van der Waals surface area contributed by atoms with Gasteiger partial charge in [0.05, 0.1) is 17.1 Å². The fourth-order valence-corrected chi connectivity index (χ4v) is 3.30. The molecule has 0 spiro atoms. The third kappa shape index (κ3) is 2.71. The fourth-order valence-electron chi connectivity index (χ4n) is 3.30. The van der Waals surface area contributed by atoms with Crippen molar-refractivity contribution in [2.75, 3.05) is 6.54 Å². The highest BCUT2D eigenvalue weighted by Crippen LogP contribution is 2.32. The summed E-state index contributed by atoms with van der Waals surface area (Å²) in [5, 5.41) is 0. The monoisotopic (exact) mass is 340 g/mol. The molecule has 1 N–H and O–H groups in total. The maximum absolute atomic E-state index is 13.4. The summed E-state index contributed by atoms with van der Waals surface area (Å²) in [5.74, 6) is 0.129. The molecule has 1 amide bonds. The number of carbonyl (C=O) groups is 1. The van der Waals surface area contributed by atoms with Gasteiger partial charge in [0.1, 0.15) is 11.6 Å². The predicted octanol–water partition coefficient (Wildman–Crippen LogP) is 2.38. The molecule has 0 saturated carbocycles. The largest absolute Gasteiger partial charge is 0.340 e. The van der Waals surface area contributed by atoms with Gasteiger partial charge in [-0.1, -0.05) is 0 Å². The third-order valence-electron chi connectivity index (χ3n) is 4.64. The van der Waals surface area contributed by atoms with Gasteiger partial charge in [-0.25, -0.2) is 9.37 Å². The Balaban J connectivity index is 1.68. The van der Waals surface area contributed by atoms with Gasteiger partial charge in [-0.15, -0.1) is 0 Å². The van der Waals surface area contributed by atoms with E-state index in [4.69, 9.17) is 0 Å². The van der Waals surface area contributed by atoms with Gasteiger partial charge in [0.2, 0.25) is 0 Å². The first-order valence-corrected chi connectivity index (χ1v) is 8.16. The van der Waals surface area contributed by atoms with E-state index < -0.39 is 0 Å². The Hall–Kier alpha value is -2.96. The van der Waals surface area contributed by atoms with E-state index in [1.807, 2.05) is 0 Å². The van der Waals surface area contributed by atoms with Crippen LogP contribution >= 0.6 is 0 Å². The first-order valence-electron chi connectivity index (χ1n) is 8.16. The number of aromatic amines is 1. The minimum absolute atomic E-state index is 0.188. The fraction of sp³-hybridized carbons (Fsp3) is 0.278. The van der Waals surface area contributed by atoms with Crippen molar-refractivity contribution in [3.63, 3.8) is 0 Å². The van der Waals surface area contributed by atoms with Crippen LogP contribution in [0.5, 0.6) is 0 Å². The predicted molar refractivity (Wildman–Crippen MR) is 90.7 cm³/mol. The summed E-state index contributed by atoms with van der Waals surface area (Å²) in [6, 6.07) is 7.18. The normalized spacial score (nSPS) is 17.4. The van der Waals surface area contributed by atoms with Crippen LogP contribution in [-0.4, -0.2) is 31.9 Å². The maximum atomic E-state index is 13.4. The molecule has 1 aliphatic rings. The minimum Gasteiger partial charge on any atom is -0.340 e. The number of nitrogens with zero attached hydrogens (tertiary/aromatic N) is 3. The van der Waals surface area contributed by atoms with Gasteiger partial charge < -0.3 is 14.5 Å². The molecule has 1 atom stereocenters. The quantitative estimate of drug-likeness (QED) is 0.778. The molecule has 2 aromatic heterocycles. The molecule has 1 aliphatic heterocycles. The topological polar surface area (TPSA) is 71.0 Å². The van der Waals surface area contributed by atoms with Gasteiger partial charge in [0, 0.05) is 31.4 Å². The molecule has 128 valence electrons. The molecular weight excluding hydrogens is 323 g/mol. The van der Waals surface area contributed by atoms with Crippen LogP contribution in [0, 0.1) is 5.82 Å². The molecule has 1 saturated heterocycles. The summed E-state index contributed by atoms with van der Waals surface area (Å²) in [6.07, 6.45) is 3.22. The summed E-state index contributed by atoms with van der Waals surface area (Å²) in [4.78, 5) is 34.0. The van der Waals surface area contributed by atoms with Crippen molar-refractivity contribution in [2.45, 2.75) is 18.9 Å². The smallest absolute Gasteiger partial charge is 0.254 e. The molecule has 1 aromatic carbocycles. The molecule has 0 radical (unpaired) electrons. The zero-order chi connectivity index (χ0) is 17.6. The highest BCUT2D eigenvalue weighted by atomic mass is 19.1. The average Bonchev–Trinajstić information content (AvgIpc) is 3.22. The molecule has 6 nitrogen and oxygen atoms in total. The van der Waals surface area contributed by atoms with E-state index in [1.54, 1.807) is 30.3 Å². The molecule has 7 heteroatoms. The number of aryl methyl sites for hydroxylation is 1. The van der Waals surface area contributed by atoms with Crippen molar-refractivity contribution < 1.29 is 9.18 Å². The van der Waals surface area contributed by atoms with Crippen LogP contribution in [-0.2, 0) is 7.05 Å². The number of rotatable bonds is 2. The van der Waals surface area contributed by atoms with Gasteiger partial charge in [-0.3, -0.25) is 9.59 Å². The number of carbonyl (C=O) groups excluding carboxylic acids is 1. The highest BCUT2D eigenvalue weighted by Gasteiger charge is 2.32. The Bertz CT molecular complexity index is 1020. The average molecular weight is 340 g/mol. The second kappa shape index (κ2) is 5.84. The van der Waals surface area contributed by atoms with E-state index in [1.165, 1.54) is 22.8 Å². The molecule has 1 fully saturated rings. The van der Waals surface area contributed by atoms with E-state index in [2.05, 4.69) is 9.97 Å². The Morgan fingerprint density at radius 3 is 2.96 bits per heavy atom. The van der Waals surface area contributed by atoms with Crippen LogP contribution in [0.2, 0.25) is 0 Å². The first kappa shape index (κ1) is 15.6. The Kier molecular flexibility index (Phi) is 3.63. The van der Waals surface area contributed by atoms with Gasteiger partial charge in [0.15, 0.2) is 0 Å². The molecule has 4 rings (SSSR count). The number of hydrogen-bond donors (Lipinski definition) is 1. The summed E-state index contributed by atoms with van der Waals surface area (Å²) >= 11 is 0. The van der Waals surface area contributed by atoms with E-state index >= 15 is 0 Å². The van der Waals surface area contributed by atoms with Crippen LogP contribution in [0.15, 0.2) is 41.3 Å². The number of H-pyrrole nitrogens is 1. The molecule has 3 aromatic rings. The number of fused-ring (bicyclic) bond motifs is 1. The lowest BCUT2D eigenvalue weighted by atomic mass is 10.2. The van der Waals surface area contributed by atoms with E-state index in [9.17, 15) is 14.0 Å². The maximum Gasteiger partial charge on any atom is 0.254 e. The second-order valence-corrected chi connectivity index (χ2v) is 6.30. The Morgan fingerprint density at radius 1 is 1.32 bits per heavy atom. The minimum atomic E-state index is -0.331. The van der Waals surface area contributed by atoms with E-state index in [0.717, 1.165) is 12.8 Å². The van der Waals surface area contributed by atoms with Crippen molar-refractivity contribution >= 4 is 16.9 Å². The first-order chi connectivity index (χ1) is 12.0. The lowest BCUT2D eigenvalue weighted by molar-refractivity contribution is 0.0730. The summed E-state index contributed by atoms with van der Waals surface area (Å²) in [6.45, 7) is 0.601. The molecule has 0 aliphatic carbocycles. The number of halogens is 1. The molecule has 1 unspecified atom stereocenters. The summed E-state index contributed by atoms with van der Waals surface area (Å²) in [5.41, 5.74) is 1.44. The van der Waals surface area contributed by atoms with Crippen molar-refractivity contribution in [3.8, 4) is 0 Å². The lowest BCUT2D eigenvalue weighted by Gasteiger charge is -2.23. The number of nitrogens with one attached hydrogen (secondary N) is 1. The number of hydrogen-bond acceptors (Lipinski definition) is 3. The third-order valence-corrected chi connectivity index (χ3v) is 4.64. The molecule has 0 bridgehead atoms. The zero-order valence-corrected chi connectivity index (χ0v) is 13.7. The van der Waals surface area contributed by atoms with Crippen LogP contribution in [0.1, 0.15) is 35.1 Å². The SMILES string of the molecule is Cn1ccc(C(=O)N2CCCC2c2nc3ccc(F)cc3[nH]2)cc1=O. The van der Waals surface area contributed by atoms with Crippen molar-refractivity contribution in [3.05, 3.63) is 64.1 Å². The number of amides is 1. The number of pyridine rings is 1. The Labute approximate surface area is 142 Å². The van der Waals surface area contributed by atoms with Crippen molar-refractivity contribution in [2.24, 2.45) is 7.05 Å². The Morgan fingerprint density at radius 2 is 2.16 bits per heavy atom. The standard InChI is InChI=1S/C18H17FN4O2/c1-22-8-6-11(9-16(22)24)18(25)23-7-2-3-15(23)17-20-13-5-4-12(19)10-14(13)21-17/h4-6,8-10,15H,2-3,7H2,1H3,(H,20,21). The number of benzene rings is 1. The van der Waals surface area contributed by atoms with Gasteiger partial charge >= 0.3 is 0 Å². The second-order valence-electron chi connectivity index (χ2n) is 6.30. The highest BCUT2D eigenvalue weighted by molar-refractivity contribution is 5.94. The number of aromatic nitrogens is 3. The van der Waals surface area contributed by atoms with Crippen molar-refractivity contribution in [1.29, 1.82) is 0 Å². The van der Waals surface area contributed by atoms with Crippen LogP contribution in [0.25, 0.3) is 11.0 Å². The summed E-state index contributed by atoms with van der Waals surface area (Å²) in [7, 11) is 1.64. The molecular formula is C18H17FN4O2. The van der Waals surface area contributed by atoms with Crippen LogP contribution in [0.4, 0.5) is 4.39 Å². The van der Waals surface area contributed by atoms with Gasteiger partial charge in [-0.2, -0.15) is 0 Å². The summed E-state index contributed by atoms with van der Waals surface area (Å²) < 4.78 is 14.8. The van der Waals surface area contributed by atoms with Crippen LogP contribution < -0.4 is 5.56 Å². The number of imidazole rings is 1.